The number of rotatable bonds is 37. The third-order valence-electron chi connectivity index (χ3n) is 10.7. The summed E-state index contributed by atoms with van der Waals surface area (Å²) in [5.41, 5.74) is 0. The molecule has 0 aromatic rings. The normalized spacial score (nSPS) is 25.2. The molecule has 0 radical (unpaired) electrons. The zero-order valence-electron chi connectivity index (χ0n) is 38.8. The molecule has 7 unspecified atom stereocenters. The van der Waals surface area contributed by atoms with E-state index in [0.717, 1.165) is 70.6 Å². The maximum Gasteiger partial charge on any atom is 0.472 e. The molecular weight excluding hydrogens is 898 g/mol. The predicted molar refractivity (Wildman–Crippen MR) is 250 cm³/mol. The molecule has 1 saturated heterocycles. The van der Waals surface area contributed by atoms with Gasteiger partial charge in [0, 0.05) is 12.8 Å². The fraction of sp³-hybridized carbons (Fsp3) is 0.702. The van der Waals surface area contributed by atoms with Crippen LogP contribution in [0.1, 0.15) is 142 Å². The molecule has 66 heavy (non-hydrogen) atoms. The first kappa shape index (κ1) is 59.5. The highest BCUT2D eigenvalue weighted by Gasteiger charge is 2.54. The SMILES string of the molecule is CC/C=C\CC1OC1C/C=C\C/C=C\C/C=C\C/C=C\CCC(=O)OC[C@H](COP(=O)(O)O[C@H]1C(O)C(O)C(O)[C@@H](OP(=O)(O)O)C1O)OC(=O)CCCCCCC/C=C\CCCCCC. The molecular formula is C47H78O17P2. The van der Waals surface area contributed by atoms with Gasteiger partial charge in [-0.15, -0.1) is 0 Å². The van der Waals surface area contributed by atoms with Crippen LogP contribution in [0.5, 0.6) is 0 Å². The number of phosphoric acid groups is 2. The zero-order valence-corrected chi connectivity index (χ0v) is 40.6. The molecule has 2 fully saturated rings. The molecule has 0 aromatic heterocycles. The lowest BCUT2D eigenvalue weighted by molar-refractivity contribution is -0.216. The van der Waals surface area contributed by atoms with Crippen LogP contribution in [0.4, 0.5) is 0 Å². The van der Waals surface area contributed by atoms with Crippen molar-refractivity contribution in [3.8, 4) is 0 Å². The lowest BCUT2D eigenvalue weighted by Gasteiger charge is -2.43. The first-order valence-corrected chi connectivity index (χ1v) is 26.6. The number of hydrogen-bond acceptors (Lipinski definition) is 14. The maximum atomic E-state index is 13.0. The van der Waals surface area contributed by atoms with E-state index in [1.54, 1.807) is 0 Å². The molecule has 17 nitrogen and oxygen atoms in total. The van der Waals surface area contributed by atoms with E-state index in [1.165, 1.54) is 25.7 Å². The number of aliphatic hydroxyl groups is 4. The largest absolute Gasteiger partial charge is 0.472 e. The van der Waals surface area contributed by atoms with Gasteiger partial charge in [0.1, 0.15) is 43.2 Å². The Labute approximate surface area is 391 Å². The lowest BCUT2D eigenvalue weighted by atomic mass is 9.85. The minimum atomic E-state index is -5.37. The van der Waals surface area contributed by atoms with Crippen LogP contribution in [0.25, 0.3) is 0 Å². The summed E-state index contributed by atoms with van der Waals surface area (Å²) >= 11 is 0. The van der Waals surface area contributed by atoms with Gasteiger partial charge in [0.2, 0.25) is 0 Å². The van der Waals surface area contributed by atoms with Gasteiger partial charge < -0.3 is 49.3 Å². The fourth-order valence-electron chi connectivity index (χ4n) is 6.91. The van der Waals surface area contributed by atoms with E-state index in [9.17, 15) is 44.0 Å². The number of unbranched alkanes of at least 4 members (excludes halogenated alkanes) is 9. The van der Waals surface area contributed by atoms with Crippen molar-refractivity contribution in [2.75, 3.05) is 13.2 Å². The van der Waals surface area contributed by atoms with Crippen molar-refractivity contribution in [2.45, 2.75) is 197 Å². The lowest BCUT2D eigenvalue weighted by Crippen LogP contribution is -2.64. The quantitative estimate of drug-likeness (QED) is 0.0103. The molecule has 1 heterocycles. The van der Waals surface area contributed by atoms with Gasteiger partial charge in [0.15, 0.2) is 6.10 Å². The summed E-state index contributed by atoms with van der Waals surface area (Å²) in [5, 5.41) is 41.2. The molecule has 2 rings (SSSR count). The van der Waals surface area contributed by atoms with Crippen LogP contribution in [-0.2, 0) is 46.5 Å². The van der Waals surface area contributed by atoms with Crippen LogP contribution >= 0.6 is 15.6 Å². The molecule has 378 valence electrons. The third-order valence-corrected chi connectivity index (χ3v) is 12.2. The van der Waals surface area contributed by atoms with Crippen LogP contribution < -0.4 is 0 Å². The van der Waals surface area contributed by atoms with Gasteiger partial charge in [-0.25, -0.2) is 9.13 Å². The Balaban J connectivity index is 1.81. The Morgan fingerprint density at radius 3 is 1.67 bits per heavy atom. The standard InChI is InChI=1S/C47H78O17P2/c1-3-5-7-8-9-10-11-12-17-20-23-26-30-34-41(49)61-37(36-60-66(57,58)64-47-44(52)42(50)43(51)46(45(47)53)63-65(54,55)56)35-59-40(48)33-29-25-22-19-16-14-13-15-18-21-24-28-32-39-38(62-39)31-27-6-4-2/h6,10-11,14-16,18,22,24-25,27-28,37-39,42-47,50-53H,3-5,7-9,12-13,17,19-21,23,26,29-36H2,1-2H3,(H,57,58)(H2,54,55,56)/b11-10-,16-14-,18-15-,25-22-,27-6-,28-24-/t37-,38?,39?,42?,43?,44?,45?,46-,47+/m1/s1. The number of allylic oxidation sites excluding steroid dienone is 10. The monoisotopic (exact) mass is 976 g/mol. The summed E-state index contributed by atoms with van der Waals surface area (Å²) in [6.45, 7) is 2.89. The number of phosphoric ester groups is 2. The summed E-state index contributed by atoms with van der Waals surface area (Å²) in [5.74, 6) is -1.32. The predicted octanol–water partition coefficient (Wildman–Crippen LogP) is 7.83. The molecule has 19 heteroatoms. The number of epoxide rings is 1. The van der Waals surface area contributed by atoms with Crippen LogP contribution in [0.2, 0.25) is 0 Å². The second-order valence-corrected chi connectivity index (χ2v) is 19.1. The van der Waals surface area contributed by atoms with Crippen LogP contribution in [0.3, 0.4) is 0 Å². The van der Waals surface area contributed by atoms with E-state index in [0.29, 0.717) is 31.5 Å². The summed E-state index contributed by atoms with van der Waals surface area (Å²) in [6, 6.07) is 0. The van der Waals surface area contributed by atoms with Gasteiger partial charge >= 0.3 is 27.6 Å². The Hall–Kier alpha value is -2.60. The Morgan fingerprint density at radius 1 is 0.561 bits per heavy atom. The summed E-state index contributed by atoms with van der Waals surface area (Å²) in [6.07, 6.45) is 27.7. The topological polar surface area (TPSA) is 269 Å². The number of ether oxygens (including phenoxy) is 3. The summed E-state index contributed by atoms with van der Waals surface area (Å²) in [7, 11) is -10.7. The molecule has 2 aliphatic rings. The number of hydrogen-bond donors (Lipinski definition) is 7. The molecule has 1 aliphatic heterocycles. The van der Waals surface area contributed by atoms with Crippen molar-refractivity contribution >= 4 is 27.6 Å². The number of carbonyl (C=O) groups excluding carboxylic acids is 2. The van der Waals surface area contributed by atoms with Crippen molar-refractivity contribution in [1.29, 1.82) is 0 Å². The van der Waals surface area contributed by atoms with Gasteiger partial charge in [0.25, 0.3) is 0 Å². The molecule has 1 saturated carbocycles. The molecule has 0 amide bonds. The fourth-order valence-corrected chi connectivity index (χ4v) is 8.45. The van der Waals surface area contributed by atoms with Crippen molar-refractivity contribution in [1.82, 2.24) is 0 Å². The molecule has 0 aromatic carbocycles. The van der Waals surface area contributed by atoms with Crippen LogP contribution in [0, 0.1) is 0 Å². The molecule has 0 spiro atoms. The first-order valence-electron chi connectivity index (χ1n) is 23.6. The second-order valence-electron chi connectivity index (χ2n) is 16.5. The maximum absolute atomic E-state index is 13.0. The minimum absolute atomic E-state index is 0.0125. The number of aliphatic hydroxyl groups excluding tert-OH is 4. The van der Waals surface area contributed by atoms with Crippen molar-refractivity contribution in [2.24, 2.45) is 0 Å². The van der Waals surface area contributed by atoms with Gasteiger partial charge in [0.05, 0.1) is 18.8 Å². The third kappa shape index (κ3) is 28.0. The molecule has 1 aliphatic carbocycles. The van der Waals surface area contributed by atoms with E-state index in [2.05, 4.69) is 67.0 Å². The average molecular weight is 977 g/mol. The summed E-state index contributed by atoms with van der Waals surface area (Å²) in [4.78, 5) is 54.2. The molecule has 7 N–H and O–H groups in total. The van der Waals surface area contributed by atoms with Gasteiger partial charge in [-0.2, -0.15) is 0 Å². The smallest absolute Gasteiger partial charge is 0.462 e. The number of carbonyl (C=O) groups is 2. The van der Waals surface area contributed by atoms with E-state index >= 15 is 0 Å². The average Bonchev–Trinajstić information content (AvgIpc) is 4.03. The van der Waals surface area contributed by atoms with Gasteiger partial charge in [-0.05, 0) is 77.0 Å². The van der Waals surface area contributed by atoms with E-state index in [1.807, 2.05) is 24.3 Å². The second kappa shape index (κ2) is 34.6. The first-order chi connectivity index (χ1) is 31.6. The highest BCUT2D eigenvalue weighted by molar-refractivity contribution is 7.47. The highest BCUT2D eigenvalue weighted by atomic mass is 31.2. The zero-order chi connectivity index (χ0) is 48.6. The Morgan fingerprint density at radius 2 is 1.08 bits per heavy atom. The van der Waals surface area contributed by atoms with Gasteiger partial charge in [-0.1, -0.05) is 125 Å². The minimum Gasteiger partial charge on any atom is -0.462 e. The van der Waals surface area contributed by atoms with Crippen molar-refractivity contribution in [3.05, 3.63) is 72.9 Å². The van der Waals surface area contributed by atoms with Crippen LogP contribution in [0.15, 0.2) is 72.9 Å². The van der Waals surface area contributed by atoms with E-state index < -0.39 is 83.5 Å². The summed E-state index contributed by atoms with van der Waals surface area (Å²) < 4.78 is 54.9. The number of esters is 2. The van der Waals surface area contributed by atoms with E-state index in [-0.39, 0.29) is 12.8 Å². The van der Waals surface area contributed by atoms with Crippen molar-refractivity contribution in [3.63, 3.8) is 0 Å². The molecule has 0 bridgehead atoms. The Kier molecular flexibility index (Phi) is 31.2. The van der Waals surface area contributed by atoms with Gasteiger partial charge in [-0.3, -0.25) is 23.2 Å². The van der Waals surface area contributed by atoms with Crippen LogP contribution in [-0.4, -0.2) is 115 Å². The Bertz CT molecular complexity index is 1620. The van der Waals surface area contributed by atoms with Crippen molar-refractivity contribution < 1.29 is 81.6 Å². The van der Waals surface area contributed by atoms with E-state index in [4.69, 9.17) is 33.0 Å². The highest BCUT2D eigenvalue weighted by Crippen LogP contribution is 2.49. The molecule has 10 atom stereocenters.